The molecule has 0 heterocycles. The van der Waals surface area contributed by atoms with Crippen LogP contribution in [0.5, 0.6) is 0 Å². The summed E-state index contributed by atoms with van der Waals surface area (Å²) in [6.07, 6.45) is 34.2. The molecule has 0 fully saturated rings. The van der Waals surface area contributed by atoms with Crippen LogP contribution in [-0.2, 0) is 18.4 Å². The van der Waals surface area contributed by atoms with Crippen LogP contribution in [0.1, 0.15) is 110 Å². The Morgan fingerprint density at radius 2 is 1.38 bits per heavy atom. The van der Waals surface area contributed by atoms with E-state index in [0.717, 1.165) is 57.8 Å². The summed E-state index contributed by atoms with van der Waals surface area (Å²) in [5.41, 5.74) is 0. The van der Waals surface area contributed by atoms with Crippen LogP contribution < -0.4 is 10.2 Å². The van der Waals surface area contributed by atoms with E-state index < -0.39 is 26.6 Å². The van der Waals surface area contributed by atoms with Crippen molar-refractivity contribution in [3.63, 3.8) is 0 Å². The lowest BCUT2D eigenvalue weighted by atomic mass is 10.1. The van der Waals surface area contributed by atoms with Gasteiger partial charge in [-0.15, -0.1) is 0 Å². The molecule has 45 heavy (non-hydrogen) atoms. The van der Waals surface area contributed by atoms with E-state index in [0.29, 0.717) is 23.9 Å². The number of phosphoric acid groups is 1. The molecule has 3 atom stereocenters. The van der Waals surface area contributed by atoms with Crippen molar-refractivity contribution in [1.29, 1.82) is 0 Å². The van der Waals surface area contributed by atoms with Crippen molar-refractivity contribution in [1.82, 2.24) is 5.32 Å². The van der Waals surface area contributed by atoms with Crippen LogP contribution in [0.3, 0.4) is 0 Å². The Morgan fingerprint density at radius 3 is 2.02 bits per heavy atom. The number of amides is 1. The number of aliphatic hydroxyl groups excluding tert-OH is 1. The number of carbonyl (C=O) groups is 1. The average molecular weight is 653 g/mol. The number of likely N-dealkylation sites (N-methyl/N-ethyl adjacent to an activating group) is 1. The number of phosphoric ester groups is 1. The molecular formula is C36H65N2O6P. The molecule has 0 saturated heterocycles. The highest BCUT2D eigenvalue weighted by molar-refractivity contribution is 7.45. The number of hydrogen-bond donors (Lipinski definition) is 2. The minimum absolute atomic E-state index is 0.0155. The Balaban J connectivity index is 4.72. The molecule has 0 aromatic rings. The molecule has 0 spiro atoms. The molecular weight excluding hydrogens is 587 g/mol. The first-order valence-electron chi connectivity index (χ1n) is 17.2. The fraction of sp³-hybridized carbons (Fsp3) is 0.694. The Morgan fingerprint density at radius 1 is 0.800 bits per heavy atom. The monoisotopic (exact) mass is 652 g/mol. The zero-order valence-electron chi connectivity index (χ0n) is 29.0. The third kappa shape index (κ3) is 30.6. The molecule has 0 aromatic carbocycles. The maximum absolute atomic E-state index is 12.7. The summed E-state index contributed by atoms with van der Waals surface area (Å²) in [6.45, 7) is 4.39. The highest BCUT2D eigenvalue weighted by Gasteiger charge is 2.23. The molecule has 0 aliphatic rings. The second-order valence-electron chi connectivity index (χ2n) is 12.5. The van der Waals surface area contributed by atoms with Gasteiger partial charge in [-0.05, 0) is 64.2 Å². The summed E-state index contributed by atoms with van der Waals surface area (Å²) in [5, 5.41) is 13.6. The van der Waals surface area contributed by atoms with Gasteiger partial charge in [-0.1, -0.05) is 100 Å². The molecule has 3 unspecified atom stereocenters. The van der Waals surface area contributed by atoms with Crippen molar-refractivity contribution in [2.24, 2.45) is 0 Å². The Hall–Kier alpha value is -1.80. The van der Waals surface area contributed by atoms with E-state index in [9.17, 15) is 19.4 Å². The molecule has 0 aromatic heterocycles. The lowest BCUT2D eigenvalue weighted by Gasteiger charge is -2.29. The Bertz CT molecular complexity index is 923. The van der Waals surface area contributed by atoms with E-state index in [-0.39, 0.29) is 12.5 Å². The average Bonchev–Trinajstić information content (AvgIpc) is 2.97. The van der Waals surface area contributed by atoms with Gasteiger partial charge in [0.25, 0.3) is 7.82 Å². The highest BCUT2D eigenvalue weighted by atomic mass is 31.2. The van der Waals surface area contributed by atoms with E-state index in [4.69, 9.17) is 9.05 Å². The highest BCUT2D eigenvalue weighted by Crippen LogP contribution is 2.38. The topological polar surface area (TPSA) is 108 Å². The standard InChI is InChI=1S/C36H65N2O6P/c1-6-8-10-12-14-16-18-19-20-22-24-26-28-30-36(40)37-34(33-44-45(41,42)43-32-31-38(3,4)5)35(39)29-27-25-23-21-17-15-13-11-9-7-2/h8,10,14,16-17,19-21,27,29,34-35,39H,6-7,9,11-13,15,18,22-26,28,30-33H2,1-5H3,(H-,37,40,41,42)/b10-8-,16-14-,20-19-,21-17+,29-27+. The number of nitrogens with zero attached hydrogens (tertiary/aromatic N) is 1. The molecule has 0 aliphatic heterocycles. The van der Waals surface area contributed by atoms with Gasteiger partial charge in [0, 0.05) is 6.42 Å². The van der Waals surface area contributed by atoms with Crippen LogP contribution in [0.4, 0.5) is 0 Å². The van der Waals surface area contributed by atoms with Crippen LogP contribution in [0, 0.1) is 0 Å². The molecule has 1 amide bonds. The summed E-state index contributed by atoms with van der Waals surface area (Å²) in [6, 6.07) is -0.916. The zero-order chi connectivity index (χ0) is 33.7. The number of nitrogens with one attached hydrogen (secondary N) is 1. The number of hydrogen-bond acceptors (Lipinski definition) is 6. The van der Waals surface area contributed by atoms with Crippen LogP contribution >= 0.6 is 7.82 Å². The van der Waals surface area contributed by atoms with Gasteiger partial charge < -0.3 is 28.8 Å². The summed E-state index contributed by atoms with van der Waals surface area (Å²) >= 11 is 0. The Labute approximate surface area is 275 Å². The van der Waals surface area contributed by atoms with Gasteiger partial charge in [-0.2, -0.15) is 0 Å². The lowest BCUT2D eigenvalue weighted by Crippen LogP contribution is -2.45. The molecule has 8 nitrogen and oxygen atoms in total. The summed E-state index contributed by atoms with van der Waals surface area (Å²) in [4.78, 5) is 25.0. The van der Waals surface area contributed by atoms with Gasteiger partial charge in [0.15, 0.2) is 0 Å². The molecule has 0 saturated carbocycles. The summed E-state index contributed by atoms with van der Waals surface area (Å²) in [5.74, 6) is -0.244. The smallest absolute Gasteiger partial charge is 0.268 e. The molecule has 0 aliphatic carbocycles. The van der Waals surface area contributed by atoms with Crippen LogP contribution in [-0.4, -0.2) is 68.5 Å². The third-order valence-electron chi connectivity index (χ3n) is 6.96. The number of quaternary nitrogens is 1. The first-order chi connectivity index (χ1) is 21.5. The molecule has 0 radical (unpaired) electrons. The second-order valence-corrected chi connectivity index (χ2v) is 13.9. The molecule has 9 heteroatoms. The minimum Gasteiger partial charge on any atom is -0.756 e. The quantitative estimate of drug-likeness (QED) is 0.0371. The van der Waals surface area contributed by atoms with E-state index in [1.165, 1.54) is 25.7 Å². The minimum atomic E-state index is -4.59. The van der Waals surface area contributed by atoms with E-state index in [2.05, 4.69) is 67.8 Å². The molecule has 0 bridgehead atoms. The van der Waals surface area contributed by atoms with Crippen LogP contribution in [0.25, 0.3) is 0 Å². The van der Waals surface area contributed by atoms with E-state index in [1.807, 2.05) is 27.2 Å². The SMILES string of the molecule is CC/C=C\C/C=C\C/C=C\CCCCCC(=O)NC(COP(=O)([O-])OCC[N+](C)(C)C)C(O)/C=C/CC/C=C/CCCCCC. The molecule has 0 rings (SSSR count). The zero-order valence-corrected chi connectivity index (χ0v) is 29.9. The van der Waals surface area contributed by atoms with Crippen molar-refractivity contribution in [2.45, 2.75) is 122 Å². The first kappa shape index (κ1) is 43.2. The van der Waals surface area contributed by atoms with Crippen molar-refractivity contribution >= 4 is 13.7 Å². The van der Waals surface area contributed by atoms with Crippen molar-refractivity contribution < 1.29 is 32.9 Å². The van der Waals surface area contributed by atoms with Crippen molar-refractivity contribution in [3.8, 4) is 0 Å². The Kier molecular flexibility index (Phi) is 27.3. The number of rotatable bonds is 29. The predicted octanol–water partition coefficient (Wildman–Crippen LogP) is 7.71. The number of carbonyl (C=O) groups excluding carboxylic acids is 1. The molecule has 260 valence electrons. The third-order valence-corrected chi connectivity index (χ3v) is 7.93. The summed E-state index contributed by atoms with van der Waals surface area (Å²) < 4.78 is 22.9. The lowest BCUT2D eigenvalue weighted by molar-refractivity contribution is -0.870. The van der Waals surface area contributed by atoms with Crippen LogP contribution in [0.2, 0.25) is 0 Å². The van der Waals surface area contributed by atoms with Gasteiger partial charge in [0.05, 0.1) is 39.9 Å². The van der Waals surface area contributed by atoms with E-state index in [1.54, 1.807) is 6.08 Å². The first-order valence-corrected chi connectivity index (χ1v) is 18.6. The number of aliphatic hydroxyl groups is 1. The largest absolute Gasteiger partial charge is 0.756 e. The van der Waals surface area contributed by atoms with Gasteiger partial charge in [0.2, 0.25) is 5.91 Å². The maximum Gasteiger partial charge on any atom is 0.268 e. The molecule has 2 N–H and O–H groups in total. The van der Waals surface area contributed by atoms with Crippen molar-refractivity contribution in [3.05, 3.63) is 60.8 Å². The fourth-order valence-corrected chi connectivity index (χ4v) is 4.90. The van der Waals surface area contributed by atoms with Gasteiger partial charge in [0.1, 0.15) is 13.2 Å². The van der Waals surface area contributed by atoms with Gasteiger partial charge in [-0.3, -0.25) is 9.36 Å². The van der Waals surface area contributed by atoms with E-state index >= 15 is 0 Å². The maximum atomic E-state index is 12.7. The van der Waals surface area contributed by atoms with Gasteiger partial charge in [-0.25, -0.2) is 0 Å². The van der Waals surface area contributed by atoms with Crippen molar-refractivity contribution in [2.75, 3.05) is 40.9 Å². The summed E-state index contributed by atoms with van der Waals surface area (Å²) in [7, 11) is 1.21. The second kappa shape index (κ2) is 28.4. The van der Waals surface area contributed by atoms with Gasteiger partial charge >= 0.3 is 0 Å². The fourth-order valence-electron chi connectivity index (χ4n) is 4.18. The number of unbranched alkanes of at least 4 members (excludes halogenated alkanes) is 8. The normalized spacial score (nSPS) is 15.6. The number of allylic oxidation sites excluding steroid dienone is 9. The van der Waals surface area contributed by atoms with Crippen LogP contribution in [0.15, 0.2) is 60.8 Å². The predicted molar refractivity (Wildman–Crippen MR) is 187 cm³/mol.